The van der Waals surface area contributed by atoms with Gasteiger partial charge in [-0.2, -0.15) is 0 Å². The van der Waals surface area contributed by atoms with Crippen molar-refractivity contribution < 1.29 is 4.79 Å². The van der Waals surface area contributed by atoms with Crippen molar-refractivity contribution >= 4 is 16.8 Å². The summed E-state index contributed by atoms with van der Waals surface area (Å²) in [5.41, 5.74) is 7.01. The molecule has 0 unspecified atom stereocenters. The van der Waals surface area contributed by atoms with E-state index in [4.69, 9.17) is 5.73 Å². The minimum Gasteiger partial charge on any atom is -0.363 e. The fourth-order valence-electron chi connectivity index (χ4n) is 3.11. The Morgan fingerprint density at radius 1 is 1.10 bits per heavy atom. The maximum atomic E-state index is 11.5. The van der Waals surface area contributed by atoms with E-state index < -0.39 is 5.91 Å². The summed E-state index contributed by atoms with van der Waals surface area (Å²) in [4.78, 5) is 20.2. The van der Waals surface area contributed by atoms with E-state index >= 15 is 0 Å². The monoisotopic (exact) mass is 285 g/mol. The van der Waals surface area contributed by atoms with Gasteiger partial charge in [-0.25, -0.2) is 9.97 Å². The second-order valence-corrected chi connectivity index (χ2v) is 7.40. The Hall–Kier alpha value is -1.97. The lowest BCUT2D eigenvalue weighted by Crippen LogP contribution is -2.28. The summed E-state index contributed by atoms with van der Waals surface area (Å²) >= 11 is 0. The largest absolute Gasteiger partial charge is 0.363 e. The van der Waals surface area contributed by atoms with Gasteiger partial charge in [-0.05, 0) is 17.9 Å². The molecule has 0 aliphatic heterocycles. The average molecular weight is 285 g/mol. The fraction of sp³-hybridized carbons (Fsp3) is 0.471. The molecule has 0 aliphatic carbocycles. The smallest absolute Gasteiger partial charge is 0.286 e. The molecule has 0 spiro atoms. The maximum absolute atomic E-state index is 11.5. The molecule has 1 aromatic heterocycles. The molecule has 0 fully saturated rings. The summed E-state index contributed by atoms with van der Waals surface area (Å²) < 4.78 is 0. The number of nitrogens with zero attached hydrogens (tertiary/aromatic N) is 2. The molecule has 2 aromatic rings. The second kappa shape index (κ2) is 5.10. The Balaban J connectivity index is 2.68. The molecule has 1 amide bonds. The Bertz CT molecular complexity index is 684. The number of hydrogen-bond donors (Lipinski definition) is 1. The number of fused-ring (bicyclic) bond motifs is 1. The normalized spacial score (nSPS) is 12.6. The number of benzene rings is 1. The van der Waals surface area contributed by atoms with Crippen molar-refractivity contribution in [2.75, 3.05) is 0 Å². The number of carbonyl (C=O) groups is 1. The van der Waals surface area contributed by atoms with Crippen LogP contribution >= 0.6 is 0 Å². The molecule has 21 heavy (non-hydrogen) atoms. The van der Waals surface area contributed by atoms with Crippen molar-refractivity contribution in [1.82, 2.24) is 9.97 Å². The van der Waals surface area contributed by atoms with Crippen LogP contribution in [-0.2, 0) is 5.41 Å². The van der Waals surface area contributed by atoms with Gasteiger partial charge in [0.05, 0.1) is 11.2 Å². The van der Waals surface area contributed by atoms with Gasteiger partial charge in [0.1, 0.15) is 0 Å². The third kappa shape index (κ3) is 3.38. The molecule has 0 saturated heterocycles. The first-order valence-corrected chi connectivity index (χ1v) is 7.17. The molecule has 2 N–H and O–H groups in total. The number of nitrogens with two attached hydrogens (primary N) is 1. The minimum atomic E-state index is -0.589. The zero-order valence-corrected chi connectivity index (χ0v) is 13.4. The molecule has 0 aliphatic rings. The number of carbonyl (C=O) groups excluding carboxylic acids is 1. The van der Waals surface area contributed by atoms with Gasteiger partial charge in [-0.1, -0.05) is 52.8 Å². The lowest BCUT2D eigenvalue weighted by Gasteiger charge is -2.32. The molecule has 4 nitrogen and oxygen atoms in total. The molecule has 0 bridgehead atoms. The van der Waals surface area contributed by atoms with Gasteiger partial charge in [0.2, 0.25) is 5.82 Å². The highest BCUT2D eigenvalue weighted by Gasteiger charge is 2.31. The number of hydrogen-bond acceptors (Lipinski definition) is 3. The summed E-state index contributed by atoms with van der Waals surface area (Å²) in [6.45, 7) is 10.9. The Kier molecular flexibility index (Phi) is 3.74. The molecule has 112 valence electrons. The minimum absolute atomic E-state index is 0.0886. The molecule has 2 rings (SSSR count). The number of primary amides is 1. The van der Waals surface area contributed by atoms with Crippen molar-refractivity contribution in [2.45, 2.75) is 46.5 Å². The number of para-hydroxylation sites is 1. The van der Waals surface area contributed by atoms with Gasteiger partial charge in [0.15, 0.2) is 0 Å². The third-order valence-corrected chi connectivity index (χ3v) is 3.44. The Morgan fingerprint density at radius 2 is 1.71 bits per heavy atom. The summed E-state index contributed by atoms with van der Waals surface area (Å²) in [5.74, 6) is -0.501. The summed E-state index contributed by atoms with van der Waals surface area (Å²) in [5, 5.41) is 0.983. The molecule has 0 radical (unpaired) electrons. The van der Waals surface area contributed by atoms with Crippen LogP contribution in [-0.4, -0.2) is 15.9 Å². The van der Waals surface area contributed by atoms with E-state index in [1.54, 1.807) is 0 Å². The van der Waals surface area contributed by atoms with Crippen molar-refractivity contribution in [3.05, 3.63) is 35.8 Å². The Labute approximate surface area is 125 Å². The zero-order valence-electron chi connectivity index (χ0n) is 13.4. The summed E-state index contributed by atoms with van der Waals surface area (Å²) in [6.07, 6.45) is 0.944. The first-order chi connectivity index (χ1) is 9.60. The van der Waals surface area contributed by atoms with Crippen LogP contribution in [0.5, 0.6) is 0 Å². The lowest BCUT2D eigenvalue weighted by atomic mass is 9.73. The van der Waals surface area contributed by atoms with Gasteiger partial charge in [-0.3, -0.25) is 4.79 Å². The standard InChI is InChI=1S/C17H23N3O/c1-16(2,3)10-17(4,5)13-11-8-6-7-9-12(11)19-15(20-13)14(18)21/h6-9H,10H2,1-5H3,(H2,18,21). The zero-order chi connectivity index (χ0) is 15.8. The van der Waals surface area contributed by atoms with Crippen molar-refractivity contribution in [1.29, 1.82) is 0 Å². The first-order valence-electron chi connectivity index (χ1n) is 7.17. The van der Waals surface area contributed by atoms with E-state index in [1.165, 1.54) is 0 Å². The highest BCUT2D eigenvalue weighted by Crippen LogP contribution is 2.37. The van der Waals surface area contributed by atoms with Crippen molar-refractivity contribution in [3.63, 3.8) is 0 Å². The van der Waals surface area contributed by atoms with Crippen LogP contribution in [0.1, 0.15) is 57.4 Å². The third-order valence-electron chi connectivity index (χ3n) is 3.44. The topological polar surface area (TPSA) is 68.9 Å². The van der Waals surface area contributed by atoms with Crippen LogP contribution in [0.3, 0.4) is 0 Å². The molecule has 4 heteroatoms. The van der Waals surface area contributed by atoms with Gasteiger partial charge in [0, 0.05) is 10.8 Å². The quantitative estimate of drug-likeness (QED) is 0.939. The van der Waals surface area contributed by atoms with E-state index in [0.29, 0.717) is 0 Å². The fourth-order valence-corrected chi connectivity index (χ4v) is 3.11. The van der Waals surface area contributed by atoms with Gasteiger partial charge in [-0.15, -0.1) is 0 Å². The number of amides is 1. The van der Waals surface area contributed by atoms with Crippen LogP contribution < -0.4 is 5.73 Å². The highest BCUT2D eigenvalue weighted by molar-refractivity contribution is 5.92. The molecule has 1 aromatic carbocycles. The molecule has 0 atom stereocenters. The van der Waals surface area contributed by atoms with E-state index in [9.17, 15) is 4.79 Å². The predicted molar refractivity (Wildman–Crippen MR) is 85.2 cm³/mol. The van der Waals surface area contributed by atoms with E-state index in [0.717, 1.165) is 23.0 Å². The second-order valence-electron chi connectivity index (χ2n) is 7.40. The van der Waals surface area contributed by atoms with Gasteiger partial charge in [0.25, 0.3) is 5.91 Å². The summed E-state index contributed by atoms with van der Waals surface area (Å²) in [6, 6.07) is 7.76. The maximum Gasteiger partial charge on any atom is 0.286 e. The van der Waals surface area contributed by atoms with Crippen LogP contribution in [0.15, 0.2) is 24.3 Å². The Morgan fingerprint density at radius 3 is 2.29 bits per heavy atom. The van der Waals surface area contributed by atoms with Crippen LogP contribution in [0, 0.1) is 5.41 Å². The molecular weight excluding hydrogens is 262 g/mol. The SMILES string of the molecule is CC(C)(C)CC(C)(C)c1nc(C(N)=O)nc2ccccc12. The van der Waals surface area contributed by atoms with Crippen LogP contribution in [0.25, 0.3) is 10.9 Å². The molecular formula is C17H23N3O. The van der Waals surface area contributed by atoms with Crippen molar-refractivity contribution in [3.8, 4) is 0 Å². The highest BCUT2D eigenvalue weighted by atomic mass is 16.1. The van der Waals surface area contributed by atoms with Crippen LogP contribution in [0.4, 0.5) is 0 Å². The summed E-state index contributed by atoms with van der Waals surface area (Å²) in [7, 11) is 0. The van der Waals surface area contributed by atoms with E-state index in [-0.39, 0.29) is 16.7 Å². The first kappa shape index (κ1) is 15.4. The lowest BCUT2D eigenvalue weighted by molar-refractivity contribution is 0.0990. The molecule has 1 heterocycles. The van der Waals surface area contributed by atoms with E-state index in [1.807, 2.05) is 24.3 Å². The molecule has 0 saturated carbocycles. The predicted octanol–water partition coefficient (Wildman–Crippen LogP) is 3.44. The van der Waals surface area contributed by atoms with Gasteiger partial charge >= 0.3 is 0 Å². The van der Waals surface area contributed by atoms with Crippen LogP contribution in [0.2, 0.25) is 0 Å². The average Bonchev–Trinajstić information content (AvgIpc) is 2.34. The number of rotatable bonds is 3. The number of aromatic nitrogens is 2. The van der Waals surface area contributed by atoms with Crippen molar-refractivity contribution in [2.24, 2.45) is 11.1 Å². The van der Waals surface area contributed by atoms with E-state index in [2.05, 4.69) is 44.6 Å². The van der Waals surface area contributed by atoms with Gasteiger partial charge < -0.3 is 5.73 Å².